The maximum Gasteiger partial charge on any atom is 0.431 e. The van der Waals surface area contributed by atoms with E-state index in [1.54, 1.807) is 4.98 Å². The zero-order valence-electron chi connectivity index (χ0n) is 15.3. The van der Waals surface area contributed by atoms with Crippen LogP contribution in [0.25, 0.3) is 0 Å². The zero-order chi connectivity index (χ0) is 22.8. The SMILES string of the molecule is O=C(O)c1cccc(NC(=O)c2ccc(C(F)(F)F)[nH]c2=O)c1Oc1ccccc1F. The number of nitrogens with one attached hydrogen (secondary N) is 2. The van der Waals surface area contributed by atoms with E-state index in [0.717, 1.165) is 12.1 Å². The zero-order valence-corrected chi connectivity index (χ0v) is 15.3. The van der Waals surface area contributed by atoms with Crippen LogP contribution in [0.3, 0.4) is 0 Å². The number of aromatic carboxylic acids is 1. The number of anilines is 1. The molecule has 160 valence electrons. The van der Waals surface area contributed by atoms with Crippen molar-refractivity contribution in [3.05, 3.63) is 87.6 Å². The molecule has 0 bridgehead atoms. The van der Waals surface area contributed by atoms with Gasteiger partial charge in [-0.15, -0.1) is 0 Å². The third-order valence-corrected chi connectivity index (χ3v) is 4.00. The number of amides is 1. The molecule has 11 heteroatoms. The quantitative estimate of drug-likeness (QED) is 0.518. The molecule has 2 aromatic carbocycles. The number of aromatic amines is 1. The summed E-state index contributed by atoms with van der Waals surface area (Å²) in [6, 6.07) is 9.91. The van der Waals surface area contributed by atoms with Crippen LogP contribution in [0.1, 0.15) is 26.4 Å². The summed E-state index contributed by atoms with van der Waals surface area (Å²) in [5.74, 6) is -4.15. The summed E-state index contributed by atoms with van der Waals surface area (Å²) in [6.45, 7) is 0. The van der Waals surface area contributed by atoms with Gasteiger partial charge in [0.1, 0.15) is 16.8 Å². The minimum Gasteiger partial charge on any atom is -0.478 e. The highest BCUT2D eigenvalue weighted by atomic mass is 19.4. The first-order valence-electron chi connectivity index (χ1n) is 8.48. The highest BCUT2D eigenvalue weighted by Gasteiger charge is 2.32. The first-order valence-corrected chi connectivity index (χ1v) is 8.48. The summed E-state index contributed by atoms with van der Waals surface area (Å²) in [4.78, 5) is 37.5. The molecular weight excluding hydrogens is 424 g/mol. The number of carboxylic acid groups (broad SMARTS) is 1. The number of halogens is 4. The molecule has 0 aliphatic heterocycles. The fourth-order valence-corrected chi connectivity index (χ4v) is 2.56. The van der Waals surface area contributed by atoms with Crippen LogP contribution in [0, 0.1) is 5.82 Å². The van der Waals surface area contributed by atoms with Crippen molar-refractivity contribution in [2.45, 2.75) is 6.18 Å². The number of H-pyrrole nitrogens is 1. The van der Waals surface area contributed by atoms with Crippen LogP contribution >= 0.6 is 0 Å². The van der Waals surface area contributed by atoms with Gasteiger partial charge in [0.05, 0.1) is 5.69 Å². The number of rotatable bonds is 5. The number of alkyl halides is 3. The molecule has 0 fully saturated rings. The number of carbonyl (C=O) groups is 2. The predicted molar refractivity (Wildman–Crippen MR) is 99.9 cm³/mol. The Labute approximate surface area is 170 Å². The van der Waals surface area contributed by atoms with Gasteiger partial charge in [-0.05, 0) is 36.4 Å². The van der Waals surface area contributed by atoms with E-state index < -0.39 is 52.0 Å². The number of benzene rings is 2. The molecule has 3 rings (SSSR count). The smallest absolute Gasteiger partial charge is 0.431 e. The van der Waals surface area contributed by atoms with Crippen molar-refractivity contribution in [1.29, 1.82) is 0 Å². The number of carbonyl (C=O) groups excluding carboxylic acids is 1. The second-order valence-corrected chi connectivity index (χ2v) is 6.09. The summed E-state index contributed by atoms with van der Waals surface area (Å²) in [7, 11) is 0. The van der Waals surface area contributed by atoms with E-state index in [9.17, 15) is 37.1 Å². The molecule has 3 aromatic rings. The number of ether oxygens (including phenoxy) is 1. The monoisotopic (exact) mass is 436 g/mol. The summed E-state index contributed by atoms with van der Waals surface area (Å²) >= 11 is 0. The average molecular weight is 436 g/mol. The van der Waals surface area contributed by atoms with E-state index in [4.69, 9.17) is 4.74 Å². The van der Waals surface area contributed by atoms with Gasteiger partial charge >= 0.3 is 12.1 Å². The van der Waals surface area contributed by atoms with Gasteiger partial charge in [-0.3, -0.25) is 9.59 Å². The van der Waals surface area contributed by atoms with Crippen LogP contribution in [0.5, 0.6) is 11.5 Å². The van der Waals surface area contributed by atoms with E-state index in [2.05, 4.69) is 5.32 Å². The largest absolute Gasteiger partial charge is 0.478 e. The summed E-state index contributed by atoms with van der Waals surface area (Å²) in [5, 5.41) is 11.6. The summed E-state index contributed by atoms with van der Waals surface area (Å²) in [5.41, 5.74) is -3.98. The number of hydrogen-bond acceptors (Lipinski definition) is 4. The Bertz CT molecular complexity index is 1220. The molecule has 1 heterocycles. The van der Waals surface area contributed by atoms with Crippen LogP contribution in [0.4, 0.5) is 23.2 Å². The minimum absolute atomic E-state index is 0.243. The molecule has 0 unspecified atom stereocenters. The van der Waals surface area contributed by atoms with Crippen molar-refractivity contribution in [3.63, 3.8) is 0 Å². The molecule has 0 aliphatic carbocycles. The lowest BCUT2D eigenvalue weighted by Gasteiger charge is -2.15. The highest BCUT2D eigenvalue weighted by molar-refractivity contribution is 6.06. The number of pyridine rings is 1. The van der Waals surface area contributed by atoms with Crippen molar-refractivity contribution < 1.29 is 37.0 Å². The van der Waals surface area contributed by atoms with Gasteiger partial charge in [0, 0.05) is 0 Å². The van der Waals surface area contributed by atoms with E-state index in [-0.39, 0.29) is 11.4 Å². The molecule has 0 spiro atoms. The normalized spacial score (nSPS) is 11.1. The van der Waals surface area contributed by atoms with Crippen molar-refractivity contribution in [1.82, 2.24) is 4.98 Å². The van der Waals surface area contributed by atoms with Gasteiger partial charge in [-0.25, -0.2) is 9.18 Å². The Morgan fingerprint density at radius 2 is 1.68 bits per heavy atom. The second kappa shape index (κ2) is 8.30. The van der Waals surface area contributed by atoms with E-state index >= 15 is 0 Å². The molecule has 0 radical (unpaired) electrons. The number of hydrogen-bond donors (Lipinski definition) is 3. The third kappa shape index (κ3) is 4.71. The molecule has 0 saturated carbocycles. The Morgan fingerprint density at radius 3 is 2.29 bits per heavy atom. The molecule has 1 amide bonds. The first-order chi connectivity index (χ1) is 14.6. The van der Waals surface area contributed by atoms with Gasteiger partial charge in [-0.1, -0.05) is 18.2 Å². The maximum atomic E-state index is 14.0. The van der Waals surface area contributed by atoms with Gasteiger partial charge in [0.15, 0.2) is 17.3 Å². The number of para-hydroxylation sites is 2. The molecular formula is C20H12F4N2O5. The van der Waals surface area contributed by atoms with Crippen LogP contribution in [0.2, 0.25) is 0 Å². The van der Waals surface area contributed by atoms with Crippen LogP contribution in [-0.2, 0) is 6.18 Å². The third-order valence-electron chi connectivity index (χ3n) is 4.00. The van der Waals surface area contributed by atoms with Gasteiger partial charge in [0.2, 0.25) is 0 Å². The maximum absolute atomic E-state index is 14.0. The number of carboxylic acids is 1. The van der Waals surface area contributed by atoms with E-state index in [1.807, 2.05) is 0 Å². The fourth-order valence-electron chi connectivity index (χ4n) is 2.56. The van der Waals surface area contributed by atoms with Crippen molar-refractivity contribution in [2.24, 2.45) is 0 Å². The minimum atomic E-state index is -4.81. The lowest BCUT2D eigenvalue weighted by Crippen LogP contribution is -2.26. The van der Waals surface area contributed by atoms with E-state index in [1.165, 1.54) is 30.3 Å². The Kier molecular flexibility index (Phi) is 5.77. The topological polar surface area (TPSA) is 108 Å². The molecule has 0 atom stereocenters. The van der Waals surface area contributed by atoms with Crippen LogP contribution < -0.4 is 15.6 Å². The standard InChI is InChI=1S/C20H12F4N2O5/c21-12-5-1-2-7-14(12)31-16-10(19(29)30)4-3-6-13(16)25-17(27)11-8-9-15(20(22,23)24)26-18(11)28/h1-9H,(H,25,27)(H,26,28)(H,29,30). The van der Waals surface area contributed by atoms with E-state index in [0.29, 0.717) is 12.1 Å². The number of aromatic nitrogens is 1. The van der Waals surface area contributed by atoms with Crippen molar-refractivity contribution in [3.8, 4) is 11.5 Å². The first kappa shape index (κ1) is 21.6. The van der Waals surface area contributed by atoms with Gasteiger partial charge in [0.25, 0.3) is 11.5 Å². The summed E-state index contributed by atoms with van der Waals surface area (Å²) in [6.07, 6.45) is -4.81. The fraction of sp³-hybridized carbons (Fsp3) is 0.0500. The van der Waals surface area contributed by atoms with Crippen molar-refractivity contribution in [2.75, 3.05) is 5.32 Å². The molecule has 7 nitrogen and oxygen atoms in total. The van der Waals surface area contributed by atoms with Crippen LogP contribution in [0.15, 0.2) is 59.4 Å². The predicted octanol–water partition coefficient (Wildman–Crippen LogP) is 4.28. The molecule has 3 N–H and O–H groups in total. The Morgan fingerprint density at radius 1 is 0.968 bits per heavy atom. The molecule has 0 saturated heterocycles. The van der Waals surface area contributed by atoms with Crippen LogP contribution in [-0.4, -0.2) is 22.0 Å². The molecule has 1 aromatic heterocycles. The second-order valence-electron chi connectivity index (χ2n) is 6.09. The average Bonchev–Trinajstić information content (AvgIpc) is 2.69. The highest BCUT2D eigenvalue weighted by Crippen LogP contribution is 2.35. The lowest BCUT2D eigenvalue weighted by molar-refractivity contribution is -0.141. The Hall–Kier alpha value is -4.15. The molecule has 31 heavy (non-hydrogen) atoms. The van der Waals surface area contributed by atoms with Crippen molar-refractivity contribution >= 4 is 17.6 Å². The summed E-state index contributed by atoms with van der Waals surface area (Å²) < 4.78 is 57.4. The van der Waals surface area contributed by atoms with Gasteiger partial charge < -0.3 is 20.1 Å². The lowest BCUT2D eigenvalue weighted by atomic mass is 10.1. The Balaban J connectivity index is 1.99. The van der Waals surface area contributed by atoms with Gasteiger partial charge in [-0.2, -0.15) is 13.2 Å². The molecule has 0 aliphatic rings.